The molecule has 2 aromatic rings. The molecule has 2 aromatic carbocycles. The molecule has 3 aliphatic rings. The van der Waals surface area contributed by atoms with Gasteiger partial charge in [0.25, 0.3) is 0 Å². The van der Waals surface area contributed by atoms with Crippen LogP contribution in [0.25, 0.3) is 0 Å². The summed E-state index contributed by atoms with van der Waals surface area (Å²) in [7, 11) is 0. The van der Waals surface area contributed by atoms with Gasteiger partial charge in [-0.2, -0.15) is 0 Å². The molecule has 3 unspecified atom stereocenters. The second-order valence-corrected chi connectivity index (χ2v) is 11.9. The molecule has 8 nitrogen and oxygen atoms in total. The Morgan fingerprint density at radius 3 is 2.31 bits per heavy atom. The molecule has 0 aromatic heterocycles. The number of para-hydroxylation sites is 1. The SMILES string of the molecule is C=CCN(Cc1ccccc1)C(=O)C1N(CCCO)C(=O)[C@@H]2[C@@H](C(=O)N(CC=C)c3ccccc3)[C@]3(C)OC12CC3C. The number of likely N-dealkylation sites (tertiary alicyclic amines) is 1. The molecule has 42 heavy (non-hydrogen) atoms. The number of aliphatic hydroxyl groups is 1. The van der Waals surface area contributed by atoms with Crippen LogP contribution >= 0.6 is 0 Å². The lowest BCUT2D eigenvalue weighted by Gasteiger charge is -2.39. The van der Waals surface area contributed by atoms with E-state index in [-0.39, 0.29) is 43.3 Å². The van der Waals surface area contributed by atoms with Crippen LogP contribution in [0.3, 0.4) is 0 Å². The van der Waals surface area contributed by atoms with E-state index in [1.165, 1.54) is 0 Å². The van der Waals surface area contributed by atoms with Gasteiger partial charge in [-0.25, -0.2) is 0 Å². The van der Waals surface area contributed by atoms with Gasteiger partial charge in [-0.3, -0.25) is 14.4 Å². The van der Waals surface area contributed by atoms with Crippen LogP contribution in [0, 0.1) is 17.8 Å². The lowest BCUT2D eigenvalue weighted by atomic mass is 9.62. The molecule has 3 fully saturated rings. The third kappa shape index (κ3) is 4.76. The highest BCUT2D eigenvalue weighted by atomic mass is 16.5. The van der Waals surface area contributed by atoms with Crippen LogP contribution in [-0.2, 0) is 25.7 Å². The van der Waals surface area contributed by atoms with E-state index in [0.717, 1.165) is 5.56 Å². The summed E-state index contributed by atoms with van der Waals surface area (Å²) in [6.07, 6.45) is 4.15. The zero-order valence-corrected chi connectivity index (χ0v) is 24.5. The molecule has 3 amide bonds. The number of carbonyl (C=O) groups excluding carboxylic acids is 3. The topological polar surface area (TPSA) is 90.4 Å². The lowest BCUT2D eigenvalue weighted by Crippen LogP contribution is -2.57. The van der Waals surface area contributed by atoms with Gasteiger partial charge in [0.05, 0.1) is 17.4 Å². The number of aliphatic hydroxyl groups excluding tert-OH is 1. The van der Waals surface area contributed by atoms with Crippen LogP contribution in [0.4, 0.5) is 5.69 Å². The molecule has 3 heterocycles. The van der Waals surface area contributed by atoms with E-state index in [0.29, 0.717) is 31.6 Å². The number of fused-ring (bicyclic) bond motifs is 1. The highest BCUT2D eigenvalue weighted by Crippen LogP contribution is 2.65. The Bertz CT molecular complexity index is 1330. The van der Waals surface area contributed by atoms with Crippen LogP contribution in [0.5, 0.6) is 0 Å². The van der Waals surface area contributed by atoms with Crippen molar-refractivity contribution in [3.8, 4) is 0 Å². The first-order valence-corrected chi connectivity index (χ1v) is 14.8. The molecule has 2 bridgehead atoms. The molecule has 222 valence electrons. The van der Waals surface area contributed by atoms with Crippen molar-refractivity contribution >= 4 is 23.4 Å². The second kappa shape index (κ2) is 11.9. The zero-order valence-electron chi connectivity index (χ0n) is 24.5. The number of nitrogens with zero attached hydrogens (tertiary/aromatic N) is 3. The monoisotopic (exact) mass is 571 g/mol. The maximum absolute atomic E-state index is 14.6. The molecular weight excluding hydrogens is 530 g/mol. The zero-order chi connectivity index (χ0) is 30.1. The van der Waals surface area contributed by atoms with E-state index in [4.69, 9.17) is 4.74 Å². The minimum absolute atomic E-state index is 0.0769. The predicted molar refractivity (Wildman–Crippen MR) is 161 cm³/mol. The van der Waals surface area contributed by atoms with Gasteiger partial charge in [0, 0.05) is 38.5 Å². The first kappa shape index (κ1) is 29.7. The fourth-order valence-corrected chi connectivity index (χ4v) is 7.47. The Morgan fingerprint density at radius 2 is 1.69 bits per heavy atom. The summed E-state index contributed by atoms with van der Waals surface area (Å²) in [4.78, 5) is 48.4. The minimum atomic E-state index is -1.16. The van der Waals surface area contributed by atoms with Gasteiger partial charge >= 0.3 is 0 Å². The van der Waals surface area contributed by atoms with E-state index in [9.17, 15) is 19.5 Å². The molecule has 0 aliphatic carbocycles. The average molecular weight is 572 g/mol. The Kier molecular flexibility index (Phi) is 8.39. The smallest absolute Gasteiger partial charge is 0.248 e. The van der Waals surface area contributed by atoms with Gasteiger partial charge in [0.1, 0.15) is 11.6 Å². The summed E-state index contributed by atoms with van der Waals surface area (Å²) in [5.41, 5.74) is -0.424. The predicted octanol–water partition coefficient (Wildman–Crippen LogP) is 3.81. The molecule has 0 saturated carbocycles. The Hall–Kier alpha value is -3.75. The number of hydrogen-bond acceptors (Lipinski definition) is 5. The second-order valence-electron chi connectivity index (χ2n) is 11.9. The van der Waals surface area contributed by atoms with Gasteiger partial charge in [-0.1, -0.05) is 67.6 Å². The summed E-state index contributed by atoms with van der Waals surface area (Å²) in [6.45, 7) is 12.7. The molecule has 0 radical (unpaired) electrons. The number of amides is 3. The lowest BCUT2D eigenvalue weighted by molar-refractivity contribution is -0.152. The van der Waals surface area contributed by atoms with Crippen molar-refractivity contribution in [1.82, 2.24) is 9.80 Å². The van der Waals surface area contributed by atoms with Crippen LogP contribution in [0.1, 0.15) is 32.3 Å². The molecule has 3 saturated heterocycles. The Morgan fingerprint density at radius 1 is 1.05 bits per heavy atom. The summed E-state index contributed by atoms with van der Waals surface area (Å²) >= 11 is 0. The Labute approximate surface area is 248 Å². The minimum Gasteiger partial charge on any atom is -0.396 e. The number of ether oxygens (including phenoxy) is 1. The molecule has 5 rings (SSSR count). The van der Waals surface area contributed by atoms with Crippen molar-refractivity contribution in [3.63, 3.8) is 0 Å². The maximum atomic E-state index is 14.6. The molecular formula is C34H41N3O5. The first-order valence-electron chi connectivity index (χ1n) is 14.8. The van der Waals surface area contributed by atoms with E-state index < -0.39 is 29.1 Å². The van der Waals surface area contributed by atoms with Gasteiger partial charge < -0.3 is 24.5 Å². The fourth-order valence-electron chi connectivity index (χ4n) is 7.47. The number of benzene rings is 2. The number of anilines is 1. The number of rotatable bonds is 12. The van der Waals surface area contributed by atoms with Crippen LogP contribution in [0.15, 0.2) is 86.0 Å². The van der Waals surface area contributed by atoms with E-state index in [1.54, 1.807) is 26.9 Å². The van der Waals surface area contributed by atoms with Crippen LogP contribution in [-0.4, -0.2) is 76.1 Å². The van der Waals surface area contributed by atoms with Gasteiger partial charge in [0.15, 0.2) is 0 Å². The van der Waals surface area contributed by atoms with Crippen molar-refractivity contribution in [2.45, 2.75) is 50.5 Å². The largest absolute Gasteiger partial charge is 0.396 e. The summed E-state index contributed by atoms with van der Waals surface area (Å²) in [5, 5.41) is 9.69. The number of hydrogen-bond donors (Lipinski definition) is 1. The summed E-state index contributed by atoms with van der Waals surface area (Å²) in [6, 6.07) is 18.1. The van der Waals surface area contributed by atoms with Crippen molar-refractivity contribution < 1.29 is 24.2 Å². The van der Waals surface area contributed by atoms with Crippen molar-refractivity contribution in [2.75, 3.05) is 31.1 Å². The molecule has 1 spiro atoms. The van der Waals surface area contributed by atoms with Gasteiger partial charge in [-0.05, 0) is 43.4 Å². The fraction of sp³-hybridized carbons (Fsp3) is 0.441. The van der Waals surface area contributed by atoms with Crippen molar-refractivity contribution in [3.05, 3.63) is 91.5 Å². The molecule has 8 heteroatoms. The highest BCUT2D eigenvalue weighted by Gasteiger charge is 2.80. The first-order chi connectivity index (χ1) is 20.2. The van der Waals surface area contributed by atoms with Crippen molar-refractivity contribution in [2.24, 2.45) is 17.8 Å². The van der Waals surface area contributed by atoms with E-state index >= 15 is 0 Å². The summed E-state index contributed by atoms with van der Waals surface area (Å²) < 4.78 is 6.90. The third-order valence-corrected chi connectivity index (χ3v) is 9.39. The summed E-state index contributed by atoms with van der Waals surface area (Å²) in [5.74, 6) is -2.39. The number of carbonyl (C=O) groups is 3. The molecule has 1 N–H and O–H groups in total. The standard InChI is InChI=1S/C34H41N3O5/c1-5-18-35(23-25-14-9-7-10-15-25)32(41)29-34-22-24(3)33(4,42-34)27(28(34)31(40)37(29)20-13-21-38)30(39)36(19-6-2)26-16-11-8-12-17-26/h5-12,14-17,24,27-29,38H,1-2,13,18-23H2,3-4H3/t24?,27-,28-,29?,33+,34?/m0/s1. The third-order valence-electron chi connectivity index (χ3n) is 9.39. The van der Waals surface area contributed by atoms with Gasteiger partial charge in [0.2, 0.25) is 17.7 Å². The van der Waals surface area contributed by atoms with Crippen molar-refractivity contribution in [1.29, 1.82) is 0 Å². The van der Waals surface area contributed by atoms with Gasteiger partial charge in [-0.15, -0.1) is 13.2 Å². The average Bonchev–Trinajstić information content (AvgIpc) is 3.51. The van der Waals surface area contributed by atoms with Crippen LogP contribution < -0.4 is 4.90 Å². The normalized spacial score (nSPS) is 29.3. The molecule has 6 atom stereocenters. The Balaban J connectivity index is 1.58. The van der Waals surface area contributed by atoms with E-state index in [1.807, 2.05) is 74.5 Å². The maximum Gasteiger partial charge on any atom is 0.248 e. The quantitative estimate of drug-likeness (QED) is 0.392. The van der Waals surface area contributed by atoms with Crippen LogP contribution in [0.2, 0.25) is 0 Å². The van der Waals surface area contributed by atoms with E-state index in [2.05, 4.69) is 13.2 Å². The molecule has 3 aliphatic heterocycles. The highest BCUT2D eigenvalue weighted by molar-refractivity contribution is 6.03.